The minimum atomic E-state index is -0.953. The monoisotopic (exact) mass is 313 g/mol. The first-order chi connectivity index (χ1) is 11.1. The van der Waals surface area contributed by atoms with Crippen LogP contribution in [0.3, 0.4) is 0 Å². The SMILES string of the molecule is CNCC(=O)c1ccccc1Cc1cccnc1NCC(=O)O. The average Bonchev–Trinajstić information content (AvgIpc) is 2.54. The molecule has 2 aromatic rings. The van der Waals surface area contributed by atoms with Crippen molar-refractivity contribution in [2.45, 2.75) is 6.42 Å². The van der Waals surface area contributed by atoms with E-state index in [9.17, 15) is 9.59 Å². The number of aromatic nitrogens is 1. The van der Waals surface area contributed by atoms with E-state index in [0.29, 0.717) is 17.8 Å². The summed E-state index contributed by atoms with van der Waals surface area (Å²) in [5.41, 5.74) is 2.40. The van der Waals surface area contributed by atoms with Gasteiger partial charge in [0.2, 0.25) is 0 Å². The number of carbonyl (C=O) groups is 2. The minimum Gasteiger partial charge on any atom is -0.480 e. The molecule has 0 atom stereocenters. The first kappa shape index (κ1) is 16.6. The number of ketones is 1. The number of nitrogens with one attached hydrogen (secondary N) is 2. The zero-order chi connectivity index (χ0) is 16.7. The van der Waals surface area contributed by atoms with Crippen molar-refractivity contribution < 1.29 is 14.7 Å². The summed E-state index contributed by atoms with van der Waals surface area (Å²) in [4.78, 5) is 27.1. The third-order valence-corrected chi connectivity index (χ3v) is 3.33. The molecule has 120 valence electrons. The third-order valence-electron chi connectivity index (χ3n) is 3.33. The maximum absolute atomic E-state index is 12.2. The van der Waals surface area contributed by atoms with E-state index in [-0.39, 0.29) is 18.9 Å². The smallest absolute Gasteiger partial charge is 0.322 e. The molecule has 0 saturated carbocycles. The fourth-order valence-electron chi connectivity index (χ4n) is 2.31. The predicted molar refractivity (Wildman–Crippen MR) is 87.9 cm³/mol. The molecular weight excluding hydrogens is 294 g/mol. The second-order valence-corrected chi connectivity index (χ2v) is 5.05. The van der Waals surface area contributed by atoms with Crippen LogP contribution in [0.5, 0.6) is 0 Å². The van der Waals surface area contributed by atoms with Crippen molar-refractivity contribution in [1.82, 2.24) is 10.3 Å². The van der Waals surface area contributed by atoms with Gasteiger partial charge < -0.3 is 15.7 Å². The standard InChI is InChI=1S/C17H19N3O3/c1-18-10-15(21)14-7-3-2-5-12(14)9-13-6-4-8-19-17(13)20-11-16(22)23/h2-8,18H,9-11H2,1H3,(H,19,20)(H,22,23). The Labute approximate surface area is 134 Å². The molecule has 0 aliphatic heterocycles. The summed E-state index contributed by atoms with van der Waals surface area (Å²) >= 11 is 0. The highest BCUT2D eigenvalue weighted by molar-refractivity contribution is 5.99. The summed E-state index contributed by atoms with van der Waals surface area (Å²) in [6, 6.07) is 11.1. The number of Topliss-reactive ketones (excluding diaryl/α,β-unsaturated/α-hetero) is 1. The number of carboxylic acid groups (broad SMARTS) is 1. The molecule has 0 unspecified atom stereocenters. The minimum absolute atomic E-state index is 0.0204. The van der Waals surface area contributed by atoms with Crippen LogP contribution in [0.25, 0.3) is 0 Å². The molecule has 0 aliphatic rings. The van der Waals surface area contributed by atoms with Crippen LogP contribution in [0, 0.1) is 0 Å². The Morgan fingerprint density at radius 3 is 2.57 bits per heavy atom. The van der Waals surface area contributed by atoms with Crippen LogP contribution in [0.15, 0.2) is 42.6 Å². The summed E-state index contributed by atoms with van der Waals surface area (Å²) in [5, 5.41) is 14.5. The first-order valence-electron chi connectivity index (χ1n) is 7.27. The number of carboxylic acids is 1. The predicted octanol–water partition coefficient (Wildman–Crippen LogP) is 1.57. The lowest BCUT2D eigenvalue weighted by molar-refractivity contribution is -0.134. The van der Waals surface area contributed by atoms with E-state index in [1.807, 2.05) is 24.3 Å². The van der Waals surface area contributed by atoms with Gasteiger partial charge in [0, 0.05) is 18.2 Å². The molecule has 0 bridgehead atoms. The summed E-state index contributed by atoms with van der Waals surface area (Å²) in [7, 11) is 1.73. The zero-order valence-corrected chi connectivity index (χ0v) is 12.9. The lowest BCUT2D eigenvalue weighted by Crippen LogP contribution is -2.20. The zero-order valence-electron chi connectivity index (χ0n) is 12.9. The largest absolute Gasteiger partial charge is 0.480 e. The maximum Gasteiger partial charge on any atom is 0.322 e. The number of anilines is 1. The molecule has 1 aromatic heterocycles. The molecule has 0 spiro atoms. The molecule has 0 fully saturated rings. The van der Waals surface area contributed by atoms with Crippen LogP contribution in [-0.2, 0) is 11.2 Å². The number of pyridine rings is 1. The van der Waals surface area contributed by atoms with Crippen LogP contribution in [0.1, 0.15) is 21.5 Å². The highest BCUT2D eigenvalue weighted by Gasteiger charge is 2.12. The number of nitrogens with zero attached hydrogens (tertiary/aromatic N) is 1. The number of rotatable bonds is 8. The fraction of sp³-hybridized carbons (Fsp3) is 0.235. The average molecular weight is 313 g/mol. The van der Waals surface area contributed by atoms with Gasteiger partial charge in [0.1, 0.15) is 12.4 Å². The number of benzene rings is 1. The van der Waals surface area contributed by atoms with E-state index in [4.69, 9.17) is 5.11 Å². The highest BCUT2D eigenvalue weighted by Crippen LogP contribution is 2.19. The Hall–Kier alpha value is -2.73. The van der Waals surface area contributed by atoms with Crippen molar-refractivity contribution in [1.29, 1.82) is 0 Å². The van der Waals surface area contributed by atoms with Gasteiger partial charge in [0.25, 0.3) is 0 Å². The number of hydrogen-bond donors (Lipinski definition) is 3. The molecule has 0 aliphatic carbocycles. The normalized spacial score (nSPS) is 10.3. The summed E-state index contributed by atoms with van der Waals surface area (Å²) < 4.78 is 0. The van der Waals surface area contributed by atoms with Gasteiger partial charge in [0.05, 0.1) is 6.54 Å². The van der Waals surface area contributed by atoms with Gasteiger partial charge in [-0.2, -0.15) is 0 Å². The summed E-state index contributed by atoms with van der Waals surface area (Å²) in [5.74, 6) is -0.413. The van der Waals surface area contributed by atoms with Gasteiger partial charge in [-0.05, 0) is 24.2 Å². The van der Waals surface area contributed by atoms with E-state index in [1.165, 1.54) is 0 Å². The van der Waals surface area contributed by atoms with Crippen LogP contribution >= 0.6 is 0 Å². The van der Waals surface area contributed by atoms with E-state index >= 15 is 0 Å². The summed E-state index contributed by atoms with van der Waals surface area (Å²) in [6.07, 6.45) is 2.10. The van der Waals surface area contributed by atoms with Crippen LogP contribution in [0.2, 0.25) is 0 Å². The van der Waals surface area contributed by atoms with Gasteiger partial charge in [-0.1, -0.05) is 30.3 Å². The molecular formula is C17H19N3O3. The Balaban J connectivity index is 2.26. The van der Waals surface area contributed by atoms with Gasteiger partial charge in [-0.3, -0.25) is 9.59 Å². The Kier molecular flexibility index (Phi) is 5.82. The Morgan fingerprint density at radius 2 is 1.83 bits per heavy atom. The molecule has 2 rings (SSSR count). The number of likely N-dealkylation sites (N-methyl/N-ethyl adjacent to an activating group) is 1. The highest BCUT2D eigenvalue weighted by atomic mass is 16.4. The molecule has 0 saturated heterocycles. The van der Waals surface area contributed by atoms with Gasteiger partial charge in [-0.15, -0.1) is 0 Å². The molecule has 1 heterocycles. The van der Waals surface area contributed by atoms with Crippen molar-refractivity contribution in [2.24, 2.45) is 0 Å². The lowest BCUT2D eigenvalue weighted by atomic mass is 9.97. The van der Waals surface area contributed by atoms with Crippen molar-refractivity contribution >= 4 is 17.6 Å². The summed E-state index contributed by atoms with van der Waals surface area (Å²) in [6.45, 7) is 0.0680. The second-order valence-electron chi connectivity index (χ2n) is 5.05. The molecule has 3 N–H and O–H groups in total. The molecule has 0 radical (unpaired) electrons. The van der Waals surface area contributed by atoms with Crippen molar-refractivity contribution in [3.05, 3.63) is 59.3 Å². The van der Waals surface area contributed by atoms with Gasteiger partial charge in [0.15, 0.2) is 5.78 Å². The van der Waals surface area contributed by atoms with Crippen molar-refractivity contribution in [3.63, 3.8) is 0 Å². The molecule has 23 heavy (non-hydrogen) atoms. The van der Waals surface area contributed by atoms with Crippen LogP contribution < -0.4 is 10.6 Å². The molecule has 1 aromatic carbocycles. The number of hydrogen-bond acceptors (Lipinski definition) is 5. The van der Waals surface area contributed by atoms with E-state index < -0.39 is 5.97 Å². The number of carbonyl (C=O) groups excluding carboxylic acids is 1. The van der Waals surface area contributed by atoms with E-state index in [0.717, 1.165) is 11.1 Å². The number of aliphatic carboxylic acids is 1. The topological polar surface area (TPSA) is 91.3 Å². The molecule has 0 amide bonds. The Bertz CT molecular complexity index is 701. The van der Waals surface area contributed by atoms with Crippen molar-refractivity contribution in [3.8, 4) is 0 Å². The van der Waals surface area contributed by atoms with Crippen LogP contribution in [-0.4, -0.2) is 42.0 Å². The fourth-order valence-corrected chi connectivity index (χ4v) is 2.31. The molecule has 6 nitrogen and oxygen atoms in total. The van der Waals surface area contributed by atoms with Gasteiger partial charge in [-0.25, -0.2) is 4.98 Å². The Morgan fingerprint density at radius 1 is 1.09 bits per heavy atom. The van der Waals surface area contributed by atoms with Gasteiger partial charge >= 0.3 is 5.97 Å². The molecule has 6 heteroatoms. The quantitative estimate of drug-likeness (QED) is 0.641. The maximum atomic E-state index is 12.2. The third kappa shape index (κ3) is 4.62. The van der Waals surface area contributed by atoms with E-state index in [2.05, 4.69) is 15.6 Å². The van der Waals surface area contributed by atoms with E-state index in [1.54, 1.807) is 25.4 Å². The second kappa shape index (κ2) is 8.05. The first-order valence-corrected chi connectivity index (χ1v) is 7.27. The lowest BCUT2D eigenvalue weighted by Gasteiger charge is -2.12. The van der Waals surface area contributed by atoms with Crippen molar-refractivity contribution in [2.75, 3.05) is 25.5 Å². The van der Waals surface area contributed by atoms with Crippen LogP contribution in [0.4, 0.5) is 5.82 Å².